The third-order valence-corrected chi connectivity index (χ3v) is 3.16. The van der Waals surface area contributed by atoms with Gasteiger partial charge in [-0.1, -0.05) is 30.0 Å². The van der Waals surface area contributed by atoms with Gasteiger partial charge in [-0.2, -0.15) is 0 Å². The third kappa shape index (κ3) is 2.64. The number of hydrogen-bond acceptors (Lipinski definition) is 3. The van der Waals surface area contributed by atoms with Crippen LogP contribution in [0.15, 0.2) is 34.3 Å². The first-order valence-corrected chi connectivity index (χ1v) is 6.36. The lowest BCUT2D eigenvalue weighted by Crippen LogP contribution is -2.20. The van der Waals surface area contributed by atoms with E-state index < -0.39 is 0 Å². The largest absolute Gasteiger partial charge is 0.374 e. The van der Waals surface area contributed by atoms with Crippen molar-refractivity contribution in [2.75, 3.05) is 6.54 Å². The molecule has 16 heavy (non-hydrogen) atoms. The number of aliphatic imine (C=N–C) groups is 2. The van der Waals surface area contributed by atoms with Crippen molar-refractivity contribution in [3.63, 3.8) is 0 Å². The van der Waals surface area contributed by atoms with Crippen LogP contribution in [0.4, 0.5) is 5.69 Å². The Morgan fingerprint density at radius 3 is 3.12 bits per heavy atom. The van der Waals surface area contributed by atoms with Gasteiger partial charge in [0.05, 0.1) is 5.69 Å². The highest BCUT2D eigenvalue weighted by molar-refractivity contribution is 8.13. The lowest BCUT2D eigenvalue weighted by Gasteiger charge is -2.12. The molecule has 0 aromatic heterocycles. The van der Waals surface area contributed by atoms with Crippen molar-refractivity contribution in [2.24, 2.45) is 9.98 Å². The maximum Gasteiger partial charge on any atom is 0.190 e. The minimum atomic E-state index is 0.845. The highest BCUT2D eigenvalue weighted by atomic mass is 32.2. The summed E-state index contributed by atoms with van der Waals surface area (Å²) in [6.45, 7) is 4.92. The Balaban J connectivity index is 2.21. The summed E-state index contributed by atoms with van der Waals surface area (Å²) in [7, 11) is 0. The van der Waals surface area contributed by atoms with Gasteiger partial charge in [-0.25, -0.2) is 9.98 Å². The molecule has 0 saturated heterocycles. The molecule has 1 N–H and O–H groups in total. The van der Waals surface area contributed by atoms with Crippen LogP contribution < -0.4 is 5.32 Å². The normalized spacial score (nSPS) is 15.4. The Bertz CT molecular complexity index is 438. The number of benzene rings is 1. The molecule has 0 saturated carbocycles. The van der Waals surface area contributed by atoms with Crippen molar-refractivity contribution in [2.45, 2.75) is 19.6 Å². The summed E-state index contributed by atoms with van der Waals surface area (Å²) in [5.74, 6) is 1.88. The molecule has 1 aromatic carbocycles. The van der Waals surface area contributed by atoms with Gasteiger partial charge in [0, 0.05) is 12.3 Å². The van der Waals surface area contributed by atoms with E-state index in [2.05, 4.69) is 28.3 Å². The van der Waals surface area contributed by atoms with Gasteiger partial charge in [-0.05, 0) is 25.5 Å². The summed E-state index contributed by atoms with van der Waals surface area (Å²) < 4.78 is 0. The van der Waals surface area contributed by atoms with Crippen molar-refractivity contribution < 1.29 is 0 Å². The minimum Gasteiger partial charge on any atom is -0.374 e. The van der Waals surface area contributed by atoms with Crippen LogP contribution in [0.25, 0.3) is 0 Å². The third-order valence-electron chi connectivity index (χ3n) is 2.26. The highest BCUT2D eigenvalue weighted by Gasteiger charge is 2.11. The van der Waals surface area contributed by atoms with E-state index in [1.165, 1.54) is 5.56 Å². The molecule has 0 bridgehead atoms. The van der Waals surface area contributed by atoms with Gasteiger partial charge in [0.15, 0.2) is 5.17 Å². The zero-order valence-corrected chi connectivity index (χ0v) is 10.3. The smallest absolute Gasteiger partial charge is 0.190 e. The van der Waals surface area contributed by atoms with E-state index in [0.29, 0.717) is 0 Å². The molecular formula is C12H15N3S. The molecular weight excluding hydrogens is 218 g/mol. The topological polar surface area (TPSA) is 36.8 Å². The van der Waals surface area contributed by atoms with Crippen molar-refractivity contribution in [3.05, 3.63) is 29.8 Å². The second kappa shape index (κ2) is 5.16. The number of rotatable bonds is 1. The van der Waals surface area contributed by atoms with Crippen LogP contribution in [0, 0.1) is 0 Å². The van der Waals surface area contributed by atoms with Crippen molar-refractivity contribution in [1.29, 1.82) is 0 Å². The molecule has 1 aliphatic heterocycles. The summed E-state index contributed by atoms with van der Waals surface area (Å²) in [5, 5.41) is 4.02. The van der Waals surface area contributed by atoms with Gasteiger partial charge in [-0.3, -0.25) is 0 Å². The van der Waals surface area contributed by atoms with Crippen molar-refractivity contribution in [1.82, 2.24) is 5.32 Å². The predicted octanol–water partition coefficient (Wildman–Crippen LogP) is 2.95. The number of nitrogens with zero attached hydrogens (tertiary/aromatic N) is 2. The van der Waals surface area contributed by atoms with E-state index in [9.17, 15) is 0 Å². The first kappa shape index (κ1) is 11.2. The monoisotopic (exact) mass is 233 g/mol. The molecule has 84 valence electrons. The average Bonchev–Trinajstić information content (AvgIpc) is 2.29. The number of thioether (sulfide) groups is 1. The number of hydrogen-bond donors (Lipinski definition) is 1. The van der Waals surface area contributed by atoms with Crippen LogP contribution in [0.3, 0.4) is 0 Å². The fourth-order valence-corrected chi connectivity index (χ4v) is 2.41. The van der Waals surface area contributed by atoms with Crippen LogP contribution in [0.1, 0.15) is 19.4 Å². The van der Waals surface area contributed by atoms with E-state index in [0.717, 1.165) is 29.0 Å². The summed E-state index contributed by atoms with van der Waals surface area (Å²) >= 11 is 1.68. The zero-order chi connectivity index (χ0) is 11.4. The Labute approximate surface area is 100 Å². The van der Waals surface area contributed by atoms with E-state index in [4.69, 9.17) is 0 Å². The second-order valence-corrected chi connectivity index (χ2v) is 4.48. The van der Waals surface area contributed by atoms with Crippen LogP contribution >= 0.6 is 11.8 Å². The van der Waals surface area contributed by atoms with E-state index >= 15 is 0 Å². The number of nitrogens with one attached hydrogen (secondary N) is 1. The molecule has 0 aliphatic carbocycles. The number of amidine groups is 2. The fourth-order valence-electron chi connectivity index (χ4n) is 1.52. The van der Waals surface area contributed by atoms with Crippen molar-refractivity contribution in [3.8, 4) is 0 Å². The quantitative estimate of drug-likeness (QED) is 0.598. The maximum atomic E-state index is 4.52. The molecule has 4 heteroatoms. The van der Waals surface area contributed by atoms with Gasteiger partial charge in [0.2, 0.25) is 0 Å². The van der Waals surface area contributed by atoms with Crippen LogP contribution in [0.2, 0.25) is 0 Å². The van der Waals surface area contributed by atoms with Crippen LogP contribution in [-0.2, 0) is 5.75 Å². The summed E-state index contributed by atoms with van der Waals surface area (Å²) in [4.78, 5) is 8.96. The average molecular weight is 233 g/mol. The molecule has 0 spiro atoms. The minimum absolute atomic E-state index is 0.845. The lowest BCUT2D eigenvalue weighted by molar-refractivity contribution is 0.962. The zero-order valence-electron chi connectivity index (χ0n) is 9.53. The summed E-state index contributed by atoms with van der Waals surface area (Å²) in [5.41, 5.74) is 2.33. The molecule has 0 amide bonds. The fraction of sp³-hybridized carbons (Fsp3) is 0.333. The van der Waals surface area contributed by atoms with Gasteiger partial charge >= 0.3 is 0 Å². The molecule has 0 unspecified atom stereocenters. The summed E-state index contributed by atoms with van der Waals surface area (Å²) in [6, 6.07) is 8.21. The first-order valence-electron chi connectivity index (χ1n) is 5.38. The SMILES string of the molecule is CCN/C(C)=N/C1=Nc2ccccc2CS1. The highest BCUT2D eigenvalue weighted by Crippen LogP contribution is 2.30. The Kier molecular flexibility index (Phi) is 3.62. The molecule has 0 fully saturated rings. The van der Waals surface area contributed by atoms with E-state index in [-0.39, 0.29) is 0 Å². The molecule has 1 aromatic rings. The standard InChI is InChI=1S/C12H15N3S/c1-3-13-9(2)14-12-15-11-7-5-4-6-10(11)8-16-12/h4-7H,3,8H2,1-2H3,(H,13,14,15). The van der Waals surface area contributed by atoms with Gasteiger partial charge in [-0.15, -0.1) is 0 Å². The number of fused-ring (bicyclic) bond motifs is 1. The first-order chi connectivity index (χ1) is 7.79. The van der Waals surface area contributed by atoms with Crippen LogP contribution in [-0.4, -0.2) is 17.5 Å². The lowest BCUT2D eigenvalue weighted by atomic mass is 10.2. The van der Waals surface area contributed by atoms with E-state index in [1.54, 1.807) is 11.8 Å². The molecule has 3 nitrogen and oxygen atoms in total. The van der Waals surface area contributed by atoms with Gasteiger partial charge < -0.3 is 5.32 Å². The summed E-state index contributed by atoms with van der Waals surface area (Å²) in [6.07, 6.45) is 0. The molecule has 1 aliphatic rings. The molecule has 1 heterocycles. The second-order valence-electron chi connectivity index (χ2n) is 3.54. The molecule has 2 rings (SSSR count). The number of para-hydroxylation sites is 1. The molecule has 0 radical (unpaired) electrons. The van der Waals surface area contributed by atoms with Crippen molar-refractivity contribution >= 4 is 28.5 Å². The predicted molar refractivity (Wildman–Crippen MR) is 71.6 cm³/mol. The van der Waals surface area contributed by atoms with Crippen LogP contribution in [0.5, 0.6) is 0 Å². The Hall–Kier alpha value is -1.29. The van der Waals surface area contributed by atoms with Gasteiger partial charge in [0.1, 0.15) is 5.84 Å². The Morgan fingerprint density at radius 2 is 2.31 bits per heavy atom. The van der Waals surface area contributed by atoms with E-state index in [1.807, 2.05) is 25.1 Å². The van der Waals surface area contributed by atoms with Gasteiger partial charge in [0.25, 0.3) is 0 Å². The Morgan fingerprint density at radius 1 is 1.50 bits per heavy atom. The maximum absolute atomic E-state index is 4.52. The molecule has 0 atom stereocenters.